The van der Waals surface area contributed by atoms with Crippen LogP contribution < -0.4 is 5.46 Å². The van der Waals surface area contributed by atoms with Gasteiger partial charge in [-0.05, 0) is 212 Å². The van der Waals surface area contributed by atoms with Crippen LogP contribution in [0.5, 0.6) is 0 Å². The first-order valence-corrected chi connectivity index (χ1v) is 37.0. The summed E-state index contributed by atoms with van der Waals surface area (Å²) in [5.74, 6) is 3.96. The molecule has 16 rings (SSSR count). The van der Waals surface area contributed by atoms with Crippen molar-refractivity contribution >= 4 is 158 Å². The monoisotopic (exact) mass is 1750 g/mol. The first-order valence-electron chi connectivity index (χ1n) is 32.3. The molecule has 0 amide bonds. The Morgan fingerprint density at radius 2 is 0.832 bits per heavy atom. The fourth-order valence-corrected chi connectivity index (χ4v) is 16.3. The van der Waals surface area contributed by atoms with Gasteiger partial charge in [-0.2, -0.15) is 20.4 Å². The molecular formula is C73H77BBr6N14O7. The third kappa shape index (κ3) is 16.2. The Kier molecular flexibility index (Phi) is 23.6. The number of aliphatic imine (C=N–C) groups is 1. The molecule has 14 aromatic rings. The van der Waals surface area contributed by atoms with Crippen LogP contribution in [0.2, 0.25) is 0 Å². The largest absolute Gasteiger partial charge is 0.500 e. The lowest BCUT2D eigenvalue weighted by molar-refractivity contribution is 0.00578. The maximum atomic E-state index is 5.95. The lowest BCUT2D eigenvalue weighted by Gasteiger charge is -2.32. The molecule has 1 fully saturated rings. The topological polar surface area (TPSA) is 232 Å². The van der Waals surface area contributed by atoms with Gasteiger partial charge in [0.15, 0.2) is 0 Å². The van der Waals surface area contributed by atoms with Crippen molar-refractivity contribution in [2.45, 2.75) is 129 Å². The molecule has 0 N–H and O–H groups in total. The van der Waals surface area contributed by atoms with Crippen molar-refractivity contribution in [1.82, 2.24) is 64.9 Å². The summed E-state index contributed by atoms with van der Waals surface area (Å²) in [5.41, 5.74) is 19.4. The second kappa shape index (κ2) is 31.3. The number of aromatic nitrogens is 13. The molecule has 526 valence electrons. The molecule has 0 bridgehead atoms. The third-order valence-electron chi connectivity index (χ3n) is 17.5. The normalized spacial score (nSPS) is 13.2. The van der Waals surface area contributed by atoms with Gasteiger partial charge in [0, 0.05) is 134 Å². The Bertz CT molecular complexity index is 5220. The van der Waals surface area contributed by atoms with Gasteiger partial charge in [-0.1, -0.05) is 103 Å². The number of fused-ring (bicyclic) bond motifs is 5. The van der Waals surface area contributed by atoms with Gasteiger partial charge in [0.25, 0.3) is 0 Å². The van der Waals surface area contributed by atoms with E-state index in [4.69, 9.17) is 31.9 Å². The zero-order valence-corrected chi connectivity index (χ0v) is 69.3. The van der Waals surface area contributed by atoms with E-state index in [1.807, 2.05) is 219 Å². The van der Waals surface area contributed by atoms with Crippen molar-refractivity contribution in [3.8, 4) is 44.5 Å². The predicted molar refractivity (Wildman–Crippen MR) is 420 cm³/mol. The van der Waals surface area contributed by atoms with Crippen LogP contribution in [-0.4, -0.2) is 89.4 Å². The van der Waals surface area contributed by atoms with Crippen molar-refractivity contribution in [2.75, 3.05) is 0 Å². The zero-order valence-electron chi connectivity index (χ0n) is 59.8. The predicted octanol–water partition coefficient (Wildman–Crippen LogP) is 20.2. The first-order chi connectivity index (χ1) is 47.8. The second-order valence-corrected chi connectivity index (χ2v) is 30.6. The van der Waals surface area contributed by atoms with Crippen LogP contribution >= 0.6 is 95.6 Å². The quantitative estimate of drug-likeness (QED) is 0.146. The van der Waals surface area contributed by atoms with Gasteiger partial charge in [0.05, 0.1) is 69.6 Å². The Morgan fingerprint density at radius 1 is 0.426 bits per heavy atom. The molecule has 28 heteroatoms. The summed E-state index contributed by atoms with van der Waals surface area (Å²) < 4.78 is 52.3. The molecule has 1 saturated heterocycles. The zero-order chi connectivity index (χ0) is 73.4. The molecule has 21 nitrogen and oxygen atoms in total. The summed E-state index contributed by atoms with van der Waals surface area (Å²) in [6, 6.07) is 20.7. The molecule has 2 aliphatic rings. The van der Waals surface area contributed by atoms with Crippen molar-refractivity contribution in [1.29, 1.82) is 0 Å². The Balaban J connectivity index is 0.000000134. The molecule has 11 heterocycles. The van der Waals surface area contributed by atoms with E-state index in [1.54, 1.807) is 0 Å². The highest BCUT2D eigenvalue weighted by atomic mass is 79.9. The van der Waals surface area contributed by atoms with Gasteiger partial charge in [-0.15, -0.1) is 0 Å². The summed E-state index contributed by atoms with van der Waals surface area (Å²) in [5, 5.41) is 42.2. The lowest BCUT2D eigenvalue weighted by Crippen LogP contribution is -2.41. The fraction of sp³-hybridized carbons (Fsp3) is 0.315. The van der Waals surface area contributed by atoms with Gasteiger partial charge in [0.1, 0.15) is 39.8 Å². The van der Waals surface area contributed by atoms with Crippen molar-refractivity contribution in [3.05, 3.63) is 181 Å². The average molecular weight is 1750 g/mol. The molecule has 0 spiro atoms. The summed E-state index contributed by atoms with van der Waals surface area (Å²) >= 11 is 20.7. The number of halogens is 6. The minimum absolute atomic E-state index is 0.326. The Labute approximate surface area is 636 Å². The summed E-state index contributed by atoms with van der Waals surface area (Å²) in [7, 11) is 7.34. The van der Waals surface area contributed by atoms with Crippen molar-refractivity contribution in [2.24, 2.45) is 33.2 Å². The minimum atomic E-state index is -0.378. The molecule has 0 radical (unpaired) electrons. The summed E-state index contributed by atoms with van der Waals surface area (Å²) in [6.07, 6.45) is 9.64. The van der Waals surface area contributed by atoms with Crippen LogP contribution in [0.4, 0.5) is 0 Å². The highest BCUT2D eigenvalue weighted by molar-refractivity contribution is 9.11. The van der Waals surface area contributed by atoms with E-state index in [9.17, 15) is 0 Å². The second-order valence-electron chi connectivity index (χ2n) is 25.3. The smallest absolute Gasteiger partial charge is 0.399 e. The summed E-state index contributed by atoms with van der Waals surface area (Å²) in [4.78, 5) is 4.18. The van der Waals surface area contributed by atoms with Crippen molar-refractivity contribution < 1.29 is 31.9 Å². The van der Waals surface area contributed by atoms with Gasteiger partial charge in [-0.3, -0.25) is 23.7 Å². The number of nitrogens with zero attached hydrogens (tertiary/aromatic N) is 14. The summed E-state index contributed by atoms with van der Waals surface area (Å²) in [6.45, 7) is 32.2. The van der Waals surface area contributed by atoms with E-state index in [-0.39, 0.29) is 18.3 Å². The number of aryl methyl sites for hydroxylation is 14. The van der Waals surface area contributed by atoms with Crippen LogP contribution in [0, 0.1) is 69.2 Å². The molecule has 101 heavy (non-hydrogen) atoms. The van der Waals surface area contributed by atoms with E-state index in [0.717, 1.165) is 184 Å². The Hall–Kier alpha value is -7.44. The maximum absolute atomic E-state index is 5.95. The van der Waals surface area contributed by atoms with Gasteiger partial charge >= 0.3 is 7.12 Å². The average Bonchev–Trinajstić information content (AvgIpc) is 1.75. The molecule has 2 aliphatic heterocycles. The lowest BCUT2D eigenvalue weighted by atomic mass is 9.77. The minimum Gasteiger partial charge on any atom is -0.399 e. The first kappa shape index (κ1) is 76.2. The standard InChI is InChI=1S/2C18H18N4O2.C11H18BNO3.2C8H6Br2N2.C8H5Br2N.C2H6/c1-9-16(11(3)23-20-9)13-6-14-8-22(5)19-18(14)15(7-13)17-10(2)21-24-12(17)4;1-9-16(11(3)23-20-9)13-6-14-8-19-22(5)18(14)15(7-13)17-10(2)21-24-12(17)4;1-7-9(8(2)14-13-7)12-15-10(3,4)11(5,6)16-12;1-12-4-5-2-6(9)3-7(10)8(5)11-12;1-12-8-5(4-11-12)2-6(9)3-7(8)10;9-6-1-5-3-11-4-7(5)8(10)2-6;1-2/h2*6-8H,1-5H3;1-6H3;2*2-4H,1H3;1-3H,4H2;1-2H3. The Morgan fingerprint density at radius 3 is 1.34 bits per heavy atom. The number of benzene rings is 5. The van der Waals surface area contributed by atoms with E-state index in [0.29, 0.717) is 0 Å². The van der Waals surface area contributed by atoms with Crippen LogP contribution in [0.15, 0.2) is 140 Å². The molecule has 5 aromatic carbocycles. The molecular weight excluding hydrogens is 1680 g/mol. The van der Waals surface area contributed by atoms with Gasteiger partial charge in [-0.25, -0.2) is 0 Å². The van der Waals surface area contributed by atoms with Gasteiger partial charge in [0.2, 0.25) is 0 Å². The van der Waals surface area contributed by atoms with Gasteiger partial charge < -0.3 is 31.9 Å². The SMILES string of the molecule is Brc1cc(Br)c2c(c1)C=NC2.CC.Cc1noc(C)c1-c1cc(-c2c(C)noc2C)c2c(cnn2C)c1.Cc1noc(C)c1-c1cc(-c2c(C)noc2C)c2nn(C)cc2c1.Cc1noc(C)c1B1OC(C)(C)C(C)(C)O1.Cn1cc2cc(Br)cc(Br)c2n1.Cn1ncc2cc(Br)cc(Br)c21. The van der Waals surface area contributed by atoms with E-state index in [1.165, 1.54) is 11.1 Å². The number of rotatable bonds is 5. The van der Waals surface area contributed by atoms with Crippen LogP contribution in [0.25, 0.3) is 88.1 Å². The number of hydrogen-bond acceptors (Lipinski definition) is 17. The van der Waals surface area contributed by atoms with Crippen LogP contribution in [0.1, 0.15) is 110 Å². The molecule has 0 aliphatic carbocycles. The molecule has 0 atom stereocenters. The third-order valence-corrected chi connectivity index (χ3v) is 20.7. The highest BCUT2D eigenvalue weighted by Gasteiger charge is 2.53. The molecule has 0 saturated carbocycles. The van der Waals surface area contributed by atoms with E-state index in [2.05, 4.69) is 177 Å². The van der Waals surface area contributed by atoms with E-state index >= 15 is 0 Å². The van der Waals surface area contributed by atoms with E-state index < -0.39 is 0 Å². The number of hydrogen-bond donors (Lipinski definition) is 0. The fourth-order valence-electron chi connectivity index (χ4n) is 12.1. The molecule has 9 aromatic heterocycles. The van der Waals surface area contributed by atoms with Crippen molar-refractivity contribution in [3.63, 3.8) is 0 Å². The molecule has 0 unspecified atom stereocenters. The van der Waals surface area contributed by atoms with Crippen LogP contribution in [-0.2, 0) is 44.0 Å². The maximum Gasteiger partial charge on any atom is 0.500 e. The van der Waals surface area contributed by atoms with Crippen LogP contribution in [0.3, 0.4) is 0 Å². The highest BCUT2D eigenvalue weighted by Crippen LogP contribution is 2.42.